The van der Waals surface area contributed by atoms with E-state index in [1.54, 1.807) is 30.9 Å². The summed E-state index contributed by atoms with van der Waals surface area (Å²) >= 11 is 6.22. The third kappa shape index (κ3) is 4.37. The molecule has 3 heterocycles. The lowest BCUT2D eigenvalue weighted by atomic mass is 10.1. The van der Waals surface area contributed by atoms with Crippen molar-refractivity contribution in [3.63, 3.8) is 0 Å². The van der Waals surface area contributed by atoms with Gasteiger partial charge in [0, 0.05) is 36.7 Å². The van der Waals surface area contributed by atoms with Gasteiger partial charge in [-0.05, 0) is 43.9 Å². The number of fused-ring (bicyclic) bond motifs is 1. The van der Waals surface area contributed by atoms with Crippen LogP contribution in [0.2, 0.25) is 5.02 Å². The molecule has 1 atom stereocenters. The van der Waals surface area contributed by atoms with Crippen molar-refractivity contribution >= 4 is 28.3 Å². The van der Waals surface area contributed by atoms with Crippen molar-refractivity contribution in [2.45, 2.75) is 32.0 Å². The molecule has 5 rings (SSSR count). The van der Waals surface area contributed by atoms with Gasteiger partial charge >= 0.3 is 6.18 Å². The SMILES string of the molecule is CC(c1nccnc1-c1ncccn1)N(CC1CC1)c1ncnc2c(Cl)cc(C(F)(F)F)cc12. The highest BCUT2D eigenvalue weighted by molar-refractivity contribution is 6.35. The lowest BCUT2D eigenvalue weighted by Gasteiger charge is -2.31. The van der Waals surface area contributed by atoms with E-state index in [0.29, 0.717) is 35.5 Å². The van der Waals surface area contributed by atoms with E-state index in [9.17, 15) is 13.2 Å². The first-order valence-corrected chi connectivity index (χ1v) is 11.1. The van der Waals surface area contributed by atoms with Crippen LogP contribution in [0.4, 0.5) is 19.0 Å². The van der Waals surface area contributed by atoms with Crippen molar-refractivity contribution in [3.8, 4) is 11.5 Å². The van der Waals surface area contributed by atoms with Gasteiger partial charge in [-0.25, -0.2) is 24.9 Å². The normalized spacial score (nSPS) is 14.9. The first-order chi connectivity index (χ1) is 16.3. The molecule has 7 nitrogen and oxygen atoms in total. The van der Waals surface area contributed by atoms with Gasteiger partial charge in [0.1, 0.15) is 17.8 Å². The van der Waals surface area contributed by atoms with Crippen LogP contribution in [0.1, 0.15) is 37.1 Å². The Hall–Kier alpha value is -3.40. The second-order valence-electron chi connectivity index (χ2n) is 8.18. The number of halogens is 4. The van der Waals surface area contributed by atoms with Crippen molar-refractivity contribution in [1.29, 1.82) is 0 Å². The van der Waals surface area contributed by atoms with Crippen molar-refractivity contribution in [2.24, 2.45) is 5.92 Å². The number of alkyl halides is 3. The summed E-state index contributed by atoms with van der Waals surface area (Å²) < 4.78 is 40.7. The van der Waals surface area contributed by atoms with E-state index >= 15 is 0 Å². The molecule has 34 heavy (non-hydrogen) atoms. The van der Waals surface area contributed by atoms with Crippen molar-refractivity contribution in [3.05, 3.63) is 65.6 Å². The van der Waals surface area contributed by atoms with Gasteiger partial charge in [0.15, 0.2) is 5.82 Å². The molecule has 4 aromatic rings. The third-order valence-electron chi connectivity index (χ3n) is 5.79. The summed E-state index contributed by atoms with van der Waals surface area (Å²) in [7, 11) is 0. The second-order valence-corrected chi connectivity index (χ2v) is 8.59. The topological polar surface area (TPSA) is 80.6 Å². The summed E-state index contributed by atoms with van der Waals surface area (Å²) in [6.07, 6.45) is 5.21. The van der Waals surface area contributed by atoms with Crippen molar-refractivity contribution in [2.75, 3.05) is 11.4 Å². The van der Waals surface area contributed by atoms with Gasteiger partial charge in [-0.3, -0.25) is 4.98 Å². The third-order valence-corrected chi connectivity index (χ3v) is 6.08. The summed E-state index contributed by atoms with van der Waals surface area (Å²) in [5.41, 5.74) is 0.513. The molecule has 0 saturated heterocycles. The minimum absolute atomic E-state index is 0.0784. The predicted octanol–water partition coefficient (Wildman–Crippen LogP) is 5.53. The summed E-state index contributed by atoms with van der Waals surface area (Å²) in [5, 5.41) is 0.154. The zero-order valence-corrected chi connectivity index (χ0v) is 18.8. The van der Waals surface area contributed by atoms with Gasteiger partial charge in [0.2, 0.25) is 0 Å². The van der Waals surface area contributed by atoms with Crippen molar-refractivity contribution in [1.82, 2.24) is 29.9 Å². The Labute approximate surface area is 198 Å². The maximum atomic E-state index is 13.6. The number of hydrogen-bond acceptors (Lipinski definition) is 7. The Morgan fingerprint density at radius 3 is 2.44 bits per heavy atom. The van der Waals surface area contributed by atoms with E-state index in [1.807, 2.05) is 11.8 Å². The largest absolute Gasteiger partial charge is 0.416 e. The first kappa shape index (κ1) is 22.4. The second kappa shape index (κ2) is 8.75. The number of rotatable bonds is 6. The van der Waals surface area contributed by atoms with E-state index < -0.39 is 11.7 Å². The van der Waals surface area contributed by atoms with E-state index in [-0.39, 0.29) is 22.0 Å². The summed E-state index contributed by atoms with van der Waals surface area (Å²) in [4.78, 5) is 28.1. The van der Waals surface area contributed by atoms with E-state index in [0.717, 1.165) is 25.0 Å². The highest BCUT2D eigenvalue weighted by Gasteiger charge is 2.34. The molecular weight excluding hydrogens is 467 g/mol. The summed E-state index contributed by atoms with van der Waals surface area (Å²) in [5.74, 6) is 1.18. The molecule has 174 valence electrons. The van der Waals surface area contributed by atoms with E-state index in [2.05, 4.69) is 29.9 Å². The Bertz CT molecular complexity index is 1330. The van der Waals surface area contributed by atoms with Crippen LogP contribution in [0.3, 0.4) is 0 Å². The average Bonchev–Trinajstić information content (AvgIpc) is 3.66. The van der Waals surface area contributed by atoms with Crippen LogP contribution in [0.15, 0.2) is 49.3 Å². The number of anilines is 1. The van der Waals surface area contributed by atoms with Crippen LogP contribution < -0.4 is 4.90 Å². The molecule has 1 aliphatic rings. The first-order valence-electron chi connectivity index (χ1n) is 10.7. The molecule has 1 aromatic carbocycles. The molecule has 0 N–H and O–H groups in total. The van der Waals surface area contributed by atoms with Gasteiger partial charge in [-0.2, -0.15) is 13.2 Å². The van der Waals surface area contributed by atoms with Crippen molar-refractivity contribution < 1.29 is 13.2 Å². The quantitative estimate of drug-likeness (QED) is 0.355. The fraction of sp³-hybridized carbons (Fsp3) is 0.304. The molecule has 0 bridgehead atoms. The lowest BCUT2D eigenvalue weighted by molar-refractivity contribution is -0.137. The molecule has 11 heteroatoms. The highest BCUT2D eigenvalue weighted by atomic mass is 35.5. The smallest absolute Gasteiger partial charge is 0.347 e. The Morgan fingerprint density at radius 1 is 1.00 bits per heavy atom. The van der Waals surface area contributed by atoms with Crippen LogP contribution in [-0.2, 0) is 6.18 Å². The number of benzene rings is 1. The van der Waals surface area contributed by atoms with Crippen LogP contribution in [0, 0.1) is 5.92 Å². The van der Waals surface area contributed by atoms with Gasteiger partial charge in [-0.1, -0.05) is 11.6 Å². The fourth-order valence-corrected chi connectivity index (χ4v) is 4.17. The molecule has 0 radical (unpaired) electrons. The number of nitrogens with zero attached hydrogens (tertiary/aromatic N) is 7. The van der Waals surface area contributed by atoms with Crippen LogP contribution in [-0.4, -0.2) is 36.4 Å². The minimum Gasteiger partial charge on any atom is -0.347 e. The fourth-order valence-electron chi connectivity index (χ4n) is 3.91. The standard InChI is InChI=1S/C23H19ClF3N7/c1-13(18-20(29-8-7-28-18)21-30-5-2-6-31-21)34(11-14-3-4-14)22-16-9-15(23(25,26)27)10-17(24)19(16)32-12-33-22/h2,5-10,12-14H,3-4,11H2,1H3. The molecule has 0 spiro atoms. The highest BCUT2D eigenvalue weighted by Crippen LogP contribution is 2.41. The van der Waals surface area contributed by atoms with Gasteiger partial charge < -0.3 is 4.90 Å². The molecule has 3 aromatic heterocycles. The maximum absolute atomic E-state index is 13.6. The zero-order chi connectivity index (χ0) is 23.9. The number of hydrogen-bond donors (Lipinski definition) is 0. The minimum atomic E-state index is -4.55. The average molecular weight is 486 g/mol. The Kier molecular flexibility index (Phi) is 5.76. The summed E-state index contributed by atoms with van der Waals surface area (Å²) in [6, 6.07) is 3.26. The van der Waals surface area contributed by atoms with Crippen LogP contribution in [0.25, 0.3) is 22.4 Å². The molecule has 1 aliphatic carbocycles. The molecule has 1 saturated carbocycles. The Balaban J connectivity index is 1.66. The van der Waals surface area contributed by atoms with E-state index in [4.69, 9.17) is 11.6 Å². The summed E-state index contributed by atoms with van der Waals surface area (Å²) in [6.45, 7) is 2.51. The molecule has 0 aliphatic heterocycles. The van der Waals surface area contributed by atoms with E-state index in [1.165, 1.54) is 6.33 Å². The monoisotopic (exact) mass is 485 g/mol. The zero-order valence-electron chi connectivity index (χ0n) is 18.0. The molecule has 1 unspecified atom stereocenters. The Morgan fingerprint density at radius 2 is 1.74 bits per heavy atom. The van der Waals surface area contributed by atoms with Crippen LogP contribution in [0.5, 0.6) is 0 Å². The van der Waals surface area contributed by atoms with Gasteiger partial charge in [0.25, 0.3) is 0 Å². The lowest BCUT2D eigenvalue weighted by Crippen LogP contribution is -2.31. The molecular formula is C23H19ClF3N7. The van der Waals surface area contributed by atoms with Gasteiger partial charge in [-0.15, -0.1) is 0 Å². The number of aromatic nitrogens is 6. The molecule has 1 fully saturated rings. The maximum Gasteiger partial charge on any atom is 0.416 e. The molecule has 0 amide bonds. The predicted molar refractivity (Wildman–Crippen MR) is 121 cm³/mol. The van der Waals surface area contributed by atoms with Gasteiger partial charge in [0.05, 0.1) is 27.8 Å². The van der Waals surface area contributed by atoms with Crippen LogP contribution >= 0.6 is 11.6 Å².